The van der Waals surface area contributed by atoms with Crippen LogP contribution in [0.3, 0.4) is 0 Å². The molecule has 0 aliphatic carbocycles. The van der Waals surface area contributed by atoms with Crippen molar-refractivity contribution in [2.45, 2.75) is 25.4 Å². The number of carbonyl (C=O) groups is 1. The SMILES string of the molecule is O=C(Nc1ccccc1Cc1ccccc1)OC1CN2CCC1CC2. The zero-order valence-corrected chi connectivity index (χ0v) is 14.4. The third kappa shape index (κ3) is 3.85. The van der Waals surface area contributed by atoms with Crippen LogP contribution >= 0.6 is 0 Å². The molecule has 1 N–H and O–H groups in total. The van der Waals surface area contributed by atoms with Gasteiger partial charge in [-0.25, -0.2) is 4.79 Å². The van der Waals surface area contributed by atoms with E-state index < -0.39 is 0 Å². The van der Waals surface area contributed by atoms with Crippen LogP contribution in [0.2, 0.25) is 0 Å². The molecule has 1 amide bonds. The van der Waals surface area contributed by atoms with Gasteiger partial charge in [-0.05, 0) is 55.5 Å². The number of rotatable bonds is 4. The lowest BCUT2D eigenvalue weighted by Crippen LogP contribution is -2.52. The average molecular weight is 336 g/mol. The Morgan fingerprint density at radius 3 is 2.48 bits per heavy atom. The third-order valence-electron chi connectivity index (χ3n) is 5.35. The van der Waals surface area contributed by atoms with Gasteiger partial charge in [-0.2, -0.15) is 0 Å². The number of hydrogen-bond donors (Lipinski definition) is 1. The topological polar surface area (TPSA) is 41.6 Å². The summed E-state index contributed by atoms with van der Waals surface area (Å²) in [7, 11) is 0. The lowest BCUT2D eigenvalue weighted by Gasteiger charge is -2.43. The normalized spacial score (nSPS) is 24.7. The van der Waals surface area contributed by atoms with Crippen LogP contribution in [-0.4, -0.2) is 36.7 Å². The van der Waals surface area contributed by atoms with E-state index >= 15 is 0 Å². The molecule has 0 spiro atoms. The molecule has 0 radical (unpaired) electrons. The van der Waals surface area contributed by atoms with Crippen LogP contribution in [0.4, 0.5) is 10.5 Å². The Hall–Kier alpha value is -2.33. The van der Waals surface area contributed by atoms with E-state index in [4.69, 9.17) is 4.74 Å². The van der Waals surface area contributed by atoms with Crippen LogP contribution in [-0.2, 0) is 11.2 Å². The molecule has 3 heterocycles. The predicted molar refractivity (Wildman–Crippen MR) is 98.7 cm³/mol. The second-order valence-corrected chi connectivity index (χ2v) is 7.03. The first-order chi connectivity index (χ1) is 12.3. The molecule has 4 nitrogen and oxygen atoms in total. The summed E-state index contributed by atoms with van der Waals surface area (Å²) in [4.78, 5) is 14.8. The molecular weight excluding hydrogens is 312 g/mol. The van der Waals surface area contributed by atoms with Gasteiger partial charge in [0.25, 0.3) is 0 Å². The van der Waals surface area contributed by atoms with Crippen LogP contribution < -0.4 is 5.32 Å². The fourth-order valence-corrected chi connectivity index (χ4v) is 3.93. The Morgan fingerprint density at radius 2 is 1.76 bits per heavy atom. The Balaban J connectivity index is 1.41. The Labute approximate surface area is 148 Å². The highest BCUT2D eigenvalue weighted by Crippen LogP contribution is 2.30. The smallest absolute Gasteiger partial charge is 0.411 e. The molecule has 1 unspecified atom stereocenters. The Kier molecular flexibility index (Phi) is 4.70. The maximum atomic E-state index is 12.4. The van der Waals surface area contributed by atoms with E-state index in [0.29, 0.717) is 5.92 Å². The molecule has 0 saturated carbocycles. The van der Waals surface area contributed by atoms with Crippen molar-refractivity contribution in [2.24, 2.45) is 5.92 Å². The van der Waals surface area contributed by atoms with Crippen LogP contribution in [0.25, 0.3) is 0 Å². The molecule has 2 bridgehead atoms. The van der Waals surface area contributed by atoms with Gasteiger partial charge in [-0.15, -0.1) is 0 Å². The number of fused-ring (bicyclic) bond motifs is 3. The predicted octanol–water partition coefficient (Wildman–Crippen LogP) is 3.92. The number of piperidine rings is 3. The summed E-state index contributed by atoms with van der Waals surface area (Å²) in [5.74, 6) is 0.523. The van der Waals surface area contributed by atoms with Crippen LogP contribution in [0.1, 0.15) is 24.0 Å². The van der Waals surface area contributed by atoms with Crippen molar-refractivity contribution in [2.75, 3.05) is 25.0 Å². The number of anilines is 1. The molecule has 2 aromatic rings. The summed E-state index contributed by atoms with van der Waals surface area (Å²) >= 11 is 0. The molecule has 25 heavy (non-hydrogen) atoms. The van der Waals surface area contributed by atoms with Crippen LogP contribution in [0.15, 0.2) is 54.6 Å². The molecule has 3 aliphatic rings. The fourth-order valence-electron chi connectivity index (χ4n) is 3.93. The molecule has 2 aromatic carbocycles. The molecule has 4 heteroatoms. The minimum Gasteiger partial charge on any atom is -0.444 e. The average Bonchev–Trinajstić information content (AvgIpc) is 2.65. The molecule has 1 atom stereocenters. The van der Waals surface area contributed by atoms with Crippen molar-refractivity contribution in [1.29, 1.82) is 0 Å². The van der Waals surface area contributed by atoms with Gasteiger partial charge >= 0.3 is 6.09 Å². The summed E-state index contributed by atoms with van der Waals surface area (Å²) in [5.41, 5.74) is 3.15. The van der Waals surface area contributed by atoms with E-state index in [1.807, 2.05) is 36.4 Å². The molecule has 0 aromatic heterocycles. The van der Waals surface area contributed by atoms with E-state index in [2.05, 4.69) is 28.4 Å². The quantitative estimate of drug-likeness (QED) is 0.920. The van der Waals surface area contributed by atoms with Crippen molar-refractivity contribution < 1.29 is 9.53 Å². The van der Waals surface area contributed by atoms with Crippen molar-refractivity contribution >= 4 is 11.8 Å². The number of carbonyl (C=O) groups excluding carboxylic acids is 1. The van der Waals surface area contributed by atoms with E-state index in [1.54, 1.807) is 0 Å². The minimum absolute atomic E-state index is 0.0313. The largest absolute Gasteiger partial charge is 0.444 e. The Morgan fingerprint density at radius 1 is 1.04 bits per heavy atom. The minimum atomic E-state index is -0.334. The lowest BCUT2D eigenvalue weighted by atomic mass is 9.86. The van der Waals surface area contributed by atoms with Gasteiger partial charge in [0, 0.05) is 12.2 Å². The van der Waals surface area contributed by atoms with Crippen molar-refractivity contribution in [3.05, 3.63) is 65.7 Å². The lowest BCUT2D eigenvalue weighted by molar-refractivity contribution is -0.0289. The highest BCUT2D eigenvalue weighted by atomic mass is 16.6. The zero-order chi connectivity index (χ0) is 17.1. The van der Waals surface area contributed by atoms with Crippen LogP contribution in [0, 0.1) is 5.92 Å². The maximum Gasteiger partial charge on any atom is 0.411 e. The molecular formula is C21H24N2O2. The maximum absolute atomic E-state index is 12.4. The van der Waals surface area contributed by atoms with Gasteiger partial charge < -0.3 is 4.74 Å². The van der Waals surface area contributed by atoms with Crippen LogP contribution in [0.5, 0.6) is 0 Å². The highest BCUT2D eigenvalue weighted by molar-refractivity contribution is 5.85. The Bertz CT molecular complexity index is 724. The van der Waals surface area contributed by atoms with Gasteiger partial charge in [-0.3, -0.25) is 10.2 Å². The standard InChI is InChI=1S/C21H24N2O2/c24-21(25-20-15-23-12-10-17(20)11-13-23)22-19-9-5-4-8-18(19)14-16-6-2-1-3-7-16/h1-9,17,20H,10-15H2,(H,22,24). The molecule has 3 saturated heterocycles. The summed E-state index contributed by atoms with van der Waals surface area (Å²) in [6.07, 6.45) is 2.77. The van der Waals surface area contributed by atoms with Gasteiger partial charge in [0.15, 0.2) is 0 Å². The van der Waals surface area contributed by atoms with Crippen molar-refractivity contribution in [3.8, 4) is 0 Å². The second kappa shape index (κ2) is 7.28. The van der Waals surface area contributed by atoms with E-state index in [9.17, 15) is 4.79 Å². The van der Waals surface area contributed by atoms with Gasteiger partial charge in [-0.1, -0.05) is 48.5 Å². The molecule has 3 fully saturated rings. The highest BCUT2D eigenvalue weighted by Gasteiger charge is 2.36. The molecule has 130 valence electrons. The third-order valence-corrected chi connectivity index (χ3v) is 5.35. The molecule has 5 rings (SSSR count). The monoisotopic (exact) mass is 336 g/mol. The first-order valence-corrected chi connectivity index (χ1v) is 9.10. The number of ether oxygens (including phenoxy) is 1. The number of nitrogens with one attached hydrogen (secondary N) is 1. The van der Waals surface area contributed by atoms with Crippen molar-refractivity contribution in [1.82, 2.24) is 4.90 Å². The van der Waals surface area contributed by atoms with Gasteiger partial charge in [0.2, 0.25) is 0 Å². The fraction of sp³-hybridized carbons (Fsp3) is 0.381. The number of amides is 1. The summed E-state index contributed by atoms with van der Waals surface area (Å²) in [6.45, 7) is 3.17. The number of para-hydroxylation sites is 1. The number of nitrogens with zero attached hydrogens (tertiary/aromatic N) is 1. The summed E-state index contributed by atoms with van der Waals surface area (Å²) in [5, 5.41) is 2.96. The summed E-state index contributed by atoms with van der Waals surface area (Å²) in [6, 6.07) is 18.2. The summed E-state index contributed by atoms with van der Waals surface area (Å²) < 4.78 is 5.74. The number of benzene rings is 2. The molecule has 3 aliphatic heterocycles. The number of hydrogen-bond acceptors (Lipinski definition) is 3. The van der Waals surface area contributed by atoms with Gasteiger partial charge in [0.1, 0.15) is 6.10 Å². The second-order valence-electron chi connectivity index (χ2n) is 7.03. The zero-order valence-electron chi connectivity index (χ0n) is 14.4. The van der Waals surface area contributed by atoms with E-state index in [1.165, 1.54) is 5.56 Å². The van der Waals surface area contributed by atoms with E-state index in [0.717, 1.165) is 50.1 Å². The first-order valence-electron chi connectivity index (χ1n) is 9.10. The first kappa shape index (κ1) is 16.2. The van der Waals surface area contributed by atoms with E-state index in [-0.39, 0.29) is 12.2 Å². The van der Waals surface area contributed by atoms with Crippen molar-refractivity contribution in [3.63, 3.8) is 0 Å². The van der Waals surface area contributed by atoms with Gasteiger partial charge in [0.05, 0.1) is 0 Å².